The molecular weight excluding hydrogens is 168 g/mol. The van der Waals surface area contributed by atoms with E-state index in [0.29, 0.717) is 6.61 Å². The first-order chi connectivity index (χ1) is 6.31. The Morgan fingerprint density at radius 3 is 3.00 bits per heavy atom. The molecule has 0 amide bonds. The maximum absolute atomic E-state index is 11.5. The zero-order valence-electron chi connectivity index (χ0n) is 7.73. The monoisotopic (exact) mass is 182 g/mol. The van der Waals surface area contributed by atoms with Crippen LogP contribution < -0.4 is 0 Å². The number of esters is 1. The van der Waals surface area contributed by atoms with Crippen molar-refractivity contribution in [2.45, 2.75) is 32.0 Å². The van der Waals surface area contributed by atoms with Gasteiger partial charge in [-0.3, -0.25) is 4.79 Å². The minimum Gasteiger partial charge on any atom is -0.465 e. The Morgan fingerprint density at radius 2 is 2.46 bits per heavy atom. The topological polar surface area (TPSA) is 35.5 Å². The van der Waals surface area contributed by atoms with Crippen molar-refractivity contribution in [3.63, 3.8) is 0 Å². The Kier molecular flexibility index (Phi) is 2.36. The molecule has 1 fully saturated rings. The van der Waals surface area contributed by atoms with Crippen LogP contribution in [0.4, 0.5) is 0 Å². The third kappa shape index (κ3) is 1.61. The van der Waals surface area contributed by atoms with Crippen molar-refractivity contribution in [1.29, 1.82) is 0 Å². The van der Waals surface area contributed by atoms with E-state index in [2.05, 4.69) is 0 Å². The van der Waals surface area contributed by atoms with E-state index in [9.17, 15) is 4.79 Å². The molecule has 0 radical (unpaired) electrons. The predicted octanol–water partition coefficient (Wildman–Crippen LogP) is 1.28. The summed E-state index contributed by atoms with van der Waals surface area (Å²) in [4.78, 5) is 11.5. The van der Waals surface area contributed by atoms with E-state index >= 15 is 0 Å². The van der Waals surface area contributed by atoms with E-state index in [0.717, 1.165) is 12.8 Å². The maximum atomic E-state index is 11.5. The number of ether oxygens (including phenoxy) is 2. The molecule has 0 aliphatic carbocycles. The number of rotatable bonds is 3. The van der Waals surface area contributed by atoms with Gasteiger partial charge < -0.3 is 9.47 Å². The van der Waals surface area contributed by atoms with E-state index in [4.69, 9.17) is 9.47 Å². The van der Waals surface area contributed by atoms with Crippen LogP contribution in [-0.4, -0.2) is 24.8 Å². The van der Waals surface area contributed by atoms with Crippen LogP contribution in [0.3, 0.4) is 0 Å². The van der Waals surface area contributed by atoms with Crippen LogP contribution in [-0.2, 0) is 14.3 Å². The Morgan fingerprint density at radius 1 is 1.62 bits per heavy atom. The molecule has 0 saturated carbocycles. The van der Waals surface area contributed by atoms with Crippen LogP contribution in [0.5, 0.6) is 0 Å². The van der Waals surface area contributed by atoms with Gasteiger partial charge >= 0.3 is 5.97 Å². The molecule has 3 atom stereocenters. The lowest BCUT2D eigenvalue weighted by atomic mass is 9.95. The van der Waals surface area contributed by atoms with Crippen molar-refractivity contribution in [3.05, 3.63) is 12.2 Å². The van der Waals surface area contributed by atoms with E-state index in [1.807, 2.05) is 19.1 Å². The number of hydrogen-bond acceptors (Lipinski definition) is 3. The molecule has 0 aromatic carbocycles. The van der Waals surface area contributed by atoms with Crippen LogP contribution in [0.15, 0.2) is 12.2 Å². The molecule has 3 heteroatoms. The maximum Gasteiger partial charge on any atom is 0.312 e. The molecule has 2 aliphatic rings. The molecule has 0 aromatic rings. The second kappa shape index (κ2) is 3.50. The number of carbonyl (C=O) groups excluding carboxylic acids is 1. The first-order valence-corrected chi connectivity index (χ1v) is 4.81. The van der Waals surface area contributed by atoms with E-state index in [1.165, 1.54) is 0 Å². The lowest BCUT2D eigenvalue weighted by Gasteiger charge is -2.13. The molecule has 72 valence electrons. The molecule has 2 aliphatic heterocycles. The van der Waals surface area contributed by atoms with E-state index < -0.39 is 0 Å². The summed E-state index contributed by atoms with van der Waals surface area (Å²) in [6, 6.07) is 0. The van der Waals surface area contributed by atoms with Gasteiger partial charge in [0, 0.05) is 0 Å². The molecule has 1 saturated heterocycles. The third-order valence-corrected chi connectivity index (χ3v) is 2.48. The Hall–Kier alpha value is -0.830. The van der Waals surface area contributed by atoms with Crippen molar-refractivity contribution in [2.75, 3.05) is 6.61 Å². The van der Waals surface area contributed by atoms with Crippen molar-refractivity contribution in [3.8, 4) is 0 Å². The Balaban J connectivity index is 1.88. The van der Waals surface area contributed by atoms with Gasteiger partial charge in [0.15, 0.2) is 0 Å². The van der Waals surface area contributed by atoms with Crippen molar-refractivity contribution < 1.29 is 14.3 Å². The van der Waals surface area contributed by atoms with Crippen molar-refractivity contribution in [1.82, 2.24) is 0 Å². The average molecular weight is 182 g/mol. The average Bonchev–Trinajstić information content (AvgIpc) is 2.74. The van der Waals surface area contributed by atoms with Gasteiger partial charge in [0.05, 0.1) is 24.7 Å². The molecule has 0 spiro atoms. The summed E-state index contributed by atoms with van der Waals surface area (Å²) in [6.45, 7) is 2.51. The second-order valence-electron chi connectivity index (χ2n) is 3.53. The van der Waals surface area contributed by atoms with Gasteiger partial charge in [0.1, 0.15) is 0 Å². The Labute approximate surface area is 77.7 Å². The van der Waals surface area contributed by atoms with Crippen LogP contribution >= 0.6 is 0 Å². The van der Waals surface area contributed by atoms with Crippen LogP contribution in [0.2, 0.25) is 0 Å². The molecule has 13 heavy (non-hydrogen) atoms. The largest absolute Gasteiger partial charge is 0.465 e. The summed E-state index contributed by atoms with van der Waals surface area (Å²) >= 11 is 0. The summed E-state index contributed by atoms with van der Waals surface area (Å²) in [6.07, 6.45) is 5.80. The summed E-state index contributed by atoms with van der Waals surface area (Å²) in [5, 5.41) is 0. The second-order valence-corrected chi connectivity index (χ2v) is 3.53. The number of carbonyl (C=O) groups is 1. The van der Waals surface area contributed by atoms with Crippen molar-refractivity contribution >= 4 is 5.97 Å². The van der Waals surface area contributed by atoms with Gasteiger partial charge in [0.2, 0.25) is 0 Å². The highest BCUT2D eigenvalue weighted by atomic mass is 16.5. The normalized spacial score (nSPS) is 35.3. The van der Waals surface area contributed by atoms with Crippen molar-refractivity contribution in [2.24, 2.45) is 5.92 Å². The molecule has 2 heterocycles. The standard InChI is InChI=1S/C10H14O3/c1-2-5-12-10(11)8-6-7-3-4-9(8)13-7/h3-4,7-9H,2,5-6H2,1H3. The smallest absolute Gasteiger partial charge is 0.312 e. The fourth-order valence-corrected chi connectivity index (χ4v) is 1.81. The summed E-state index contributed by atoms with van der Waals surface area (Å²) in [7, 11) is 0. The zero-order chi connectivity index (χ0) is 9.26. The first-order valence-electron chi connectivity index (χ1n) is 4.81. The quantitative estimate of drug-likeness (QED) is 0.487. The third-order valence-electron chi connectivity index (χ3n) is 2.48. The molecule has 0 N–H and O–H groups in total. The summed E-state index contributed by atoms with van der Waals surface area (Å²) in [5.41, 5.74) is 0. The minimum absolute atomic E-state index is 0.0191. The van der Waals surface area contributed by atoms with Gasteiger partial charge in [-0.05, 0) is 12.8 Å². The lowest BCUT2D eigenvalue weighted by Crippen LogP contribution is -2.25. The van der Waals surface area contributed by atoms with Crippen LogP contribution in [0.25, 0.3) is 0 Å². The number of hydrogen-bond donors (Lipinski definition) is 0. The highest BCUT2D eigenvalue weighted by Gasteiger charge is 2.41. The van der Waals surface area contributed by atoms with Gasteiger partial charge in [-0.15, -0.1) is 0 Å². The molecule has 0 aromatic heterocycles. The fourth-order valence-electron chi connectivity index (χ4n) is 1.81. The highest BCUT2D eigenvalue weighted by molar-refractivity contribution is 5.74. The minimum atomic E-state index is -0.0984. The molecular formula is C10H14O3. The van der Waals surface area contributed by atoms with Crippen LogP contribution in [0.1, 0.15) is 19.8 Å². The molecule has 2 rings (SSSR count). The summed E-state index contributed by atoms with van der Waals surface area (Å²) < 4.78 is 10.5. The first kappa shape index (κ1) is 8.75. The summed E-state index contributed by atoms with van der Waals surface area (Å²) in [5.74, 6) is -0.153. The van der Waals surface area contributed by atoms with Gasteiger partial charge in [-0.1, -0.05) is 19.1 Å². The molecule has 2 bridgehead atoms. The van der Waals surface area contributed by atoms with E-state index in [1.54, 1.807) is 0 Å². The SMILES string of the molecule is CCCOC(=O)C1CC2C=CC1O2. The van der Waals surface area contributed by atoms with E-state index in [-0.39, 0.29) is 24.1 Å². The zero-order valence-corrected chi connectivity index (χ0v) is 7.73. The lowest BCUT2D eigenvalue weighted by molar-refractivity contribution is -0.149. The van der Waals surface area contributed by atoms with Gasteiger partial charge in [-0.25, -0.2) is 0 Å². The molecule has 3 unspecified atom stereocenters. The predicted molar refractivity (Wildman–Crippen MR) is 47.2 cm³/mol. The van der Waals surface area contributed by atoms with Crippen LogP contribution in [0, 0.1) is 5.92 Å². The Bertz CT molecular complexity index is 234. The number of fused-ring (bicyclic) bond motifs is 2. The van der Waals surface area contributed by atoms with Gasteiger partial charge in [-0.2, -0.15) is 0 Å². The highest BCUT2D eigenvalue weighted by Crippen LogP contribution is 2.34. The van der Waals surface area contributed by atoms with Gasteiger partial charge in [0.25, 0.3) is 0 Å². The molecule has 3 nitrogen and oxygen atoms in total. The fraction of sp³-hybridized carbons (Fsp3) is 0.700.